The van der Waals surface area contributed by atoms with Crippen molar-refractivity contribution in [1.29, 1.82) is 0 Å². The molecule has 0 bridgehead atoms. The van der Waals surface area contributed by atoms with Crippen molar-refractivity contribution >= 4 is 29.3 Å². The number of carbonyl (C=O) groups is 2. The Morgan fingerprint density at radius 3 is 2.48 bits per heavy atom. The van der Waals surface area contributed by atoms with Crippen molar-refractivity contribution < 1.29 is 14.3 Å². The predicted octanol–water partition coefficient (Wildman–Crippen LogP) is 3.76. The quantitative estimate of drug-likeness (QED) is 0.631. The second-order valence-corrected chi connectivity index (χ2v) is 7.25. The highest BCUT2D eigenvalue weighted by atomic mass is 35.5. The standard InChI is InChI=1S/C16H24ClN3O3/c1-15(2,3)23-12(21)8-9-16(4,5)20-14(22)19-11-7-6-10-18-13(11)17/h6-7,10H,8-9H2,1-5H3,(H2,19,20,22). The summed E-state index contributed by atoms with van der Waals surface area (Å²) in [6.45, 7) is 9.13. The van der Waals surface area contributed by atoms with Crippen LogP contribution in [0.3, 0.4) is 0 Å². The maximum atomic E-state index is 12.0. The summed E-state index contributed by atoms with van der Waals surface area (Å²) in [6.07, 6.45) is 2.21. The van der Waals surface area contributed by atoms with E-state index in [0.29, 0.717) is 12.1 Å². The van der Waals surface area contributed by atoms with Gasteiger partial charge in [0.2, 0.25) is 0 Å². The third-order valence-electron chi connectivity index (χ3n) is 2.83. The van der Waals surface area contributed by atoms with Gasteiger partial charge >= 0.3 is 12.0 Å². The van der Waals surface area contributed by atoms with Crippen molar-refractivity contribution in [3.63, 3.8) is 0 Å². The SMILES string of the molecule is CC(C)(CCC(=O)OC(C)(C)C)NC(=O)Nc1cccnc1Cl. The topological polar surface area (TPSA) is 80.3 Å². The molecular weight excluding hydrogens is 318 g/mol. The fraction of sp³-hybridized carbons (Fsp3) is 0.562. The molecule has 128 valence electrons. The van der Waals surface area contributed by atoms with E-state index in [0.717, 1.165) is 0 Å². The fourth-order valence-corrected chi connectivity index (χ4v) is 1.98. The van der Waals surface area contributed by atoms with Gasteiger partial charge in [-0.05, 0) is 53.2 Å². The Morgan fingerprint density at radius 1 is 1.26 bits per heavy atom. The van der Waals surface area contributed by atoms with Crippen LogP contribution >= 0.6 is 11.6 Å². The summed E-state index contributed by atoms with van der Waals surface area (Å²) in [5.41, 5.74) is -0.659. The van der Waals surface area contributed by atoms with E-state index >= 15 is 0 Å². The van der Waals surface area contributed by atoms with Gasteiger partial charge in [0, 0.05) is 18.2 Å². The summed E-state index contributed by atoms with van der Waals surface area (Å²) in [5, 5.41) is 5.65. The van der Waals surface area contributed by atoms with E-state index in [1.165, 1.54) is 6.20 Å². The molecule has 7 heteroatoms. The Kier molecular flexibility index (Phi) is 6.38. The third kappa shape index (κ3) is 7.83. The second-order valence-electron chi connectivity index (χ2n) is 6.89. The molecule has 0 saturated carbocycles. The minimum atomic E-state index is -0.574. The van der Waals surface area contributed by atoms with Gasteiger partial charge in [-0.1, -0.05) is 11.6 Å². The molecule has 1 aromatic heterocycles. The number of pyridine rings is 1. The molecule has 0 saturated heterocycles. The highest BCUT2D eigenvalue weighted by Gasteiger charge is 2.24. The lowest BCUT2D eigenvalue weighted by Crippen LogP contribution is -2.46. The average molecular weight is 342 g/mol. The highest BCUT2D eigenvalue weighted by molar-refractivity contribution is 6.32. The number of anilines is 1. The zero-order chi connectivity index (χ0) is 17.7. The van der Waals surface area contributed by atoms with Crippen molar-refractivity contribution in [2.75, 3.05) is 5.32 Å². The third-order valence-corrected chi connectivity index (χ3v) is 3.13. The molecule has 2 amide bonds. The highest BCUT2D eigenvalue weighted by Crippen LogP contribution is 2.19. The van der Waals surface area contributed by atoms with Crippen LogP contribution in [0, 0.1) is 0 Å². The number of hydrogen-bond acceptors (Lipinski definition) is 4. The van der Waals surface area contributed by atoms with E-state index in [-0.39, 0.29) is 17.5 Å². The maximum absolute atomic E-state index is 12.0. The molecule has 0 atom stereocenters. The minimum Gasteiger partial charge on any atom is -0.460 e. The number of aromatic nitrogens is 1. The van der Waals surface area contributed by atoms with Crippen molar-refractivity contribution in [3.05, 3.63) is 23.5 Å². The van der Waals surface area contributed by atoms with Gasteiger partial charge in [0.05, 0.1) is 5.69 Å². The van der Waals surface area contributed by atoms with Crippen LogP contribution in [-0.4, -0.2) is 28.1 Å². The Morgan fingerprint density at radius 2 is 1.91 bits per heavy atom. The van der Waals surface area contributed by atoms with Crippen LogP contribution in [0.5, 0.6) is 0 Å². The molecule has 0 spiro atoms. The van der Waals surface area contributed by atoms with E-state index < -0.39 is 17.2 Å². The molecule has 6 nitrogen and oxygen atoms in total. The Balaban J connectivity index is 2.49. The lowest BCUT2D eigenvalue weighted by Gasteiger charge is -2.27. The minimum absolute atomic E-state index is 0.217. The molecular formula is C16H24ClN3O3. The number of halogens is 1. The summed E-state index contributed by atoms with van der Waals surface area (Å²) >= 11 is 5.89. The van der Waals surface area contributed by atoms with Crippen LogP contribution in [-0.2, 0) is 9.53 Å². The Bertz CT molecular complexity index is 568. The number of urea groups is 1. The van der Waals surface area contributed by atoms with Crippen LogP contribution < -0.4 is 10.6 Å². The van der Waals surface area contributed by atoms with E-state index in [1.807, 2.05) is 34.6 Å². The van der Waals surface area contributed by atoms with E-state index in [2.05, 4.69) is 15.6 Å². The first-order valence-electron chi connectivity index (χ1n) is 7.40. The largest absolute Gasteiger partial charge is 0.460 e. The molecule has 1 heterocycles. The monoisotopic (exact) mass is 341 g/mol. The molecule has 0 fully saturated rings. The number of nitrogens with zero attached hydrogens (tertiary/aromatic N) is 1. The van der Waals surface area contributed by atoms with Gasteiger partial charge in [0.25, 0.3) is 0 Å². The van der Waals surface area contributed by atoms with Crippen LogP contribution in [0.4, 0.5) is 10.5 Å². The molecule has 0 aliphatic rings. The van der Waals surface area contributed by atoms with E-state index in [1.54, 1.807) is 12.1 Å². The van der Waals surface area contributed by atoms with Crippen molar-refractivity contribution in [3.8, 4) is 0 Å². The molecule has 1 rings (SSSR count). The van der Waals surface area contributed by atoms with Gasteiger partial charge in [-0.3, -0.25) is 4.79 Å². The molecule has 0 aromatic carbocycles. The molecule has 0 unspecified atom stereocenters. The van der Waals surface area contributed by atoms with Crippen molar-refractivity contribution in [2.24, 2.45) is 0 Å². The lowest BCUT2D eigenvalue weighted by atomic mass is 9.98. The maximum Gasteiger partial charge on any atom is 0.319 e. The zero-order valence-corrected chi connectivity index (χ0v) is 15.0. The smallest absolute Gasteiger partial charge is 0.319 e. The molecule has 0 radical (unpaired) electrons. The number of carbonyl (C=O) groups excluding carboxylic acids is 2. The first kappa shape index (κ1) is 19.2. The number of amides is 2. The first-order chi connectivity index (χ1) is 10.5. The van der Waals surface area contributed by atoms with Gasteiger partial charge in [-0.2, -0.15) is 0 Å². The second kappa shape index (κ2) is 7.64. The molecule has 0 aliphatic carbocycles. The Labute approximate surface area is 142 Å². The lowest BCUT2D eigenvalue weighted by molar-refractivity contribution is -0.155. The Hall–Kier alpha value is -1.82. The summed E-state index contributed by atoms with van der Waals surface area (Å²) in [5.74, 6) is -0.289. The van der Waals surface area contributed by atoms with Crippen molar-refractivity contribution in [2.45, 2.75) is 58.6 Å². The van der Waals surface area contributed by atoms with E-state index in [4.69, 9.17) is 16.3 Å². The van der Waals surface area contributed by atoms with Gasteiger partial charge in [0.1, 0.15) is 5.60 Å². The van der Waals surface area contributed by atoms with Crippen LogP contribution in [0.25, 0.3) is 0 Å². The number of rotatable bonds is 5. The van der Waals surface area contributed by atoms with Crippen LogP contribution in [0.1, 0.15) is 47.5 Å². The number of esters is 1. The molecule has 1 aromatic rings. The number of ether oxygens (including phenoxy) is 1. The van der Waals surface area contributed by atoms with Gasteiger partial charge in [0.15, 0.2) is 5.15 Å². The van der Waals surface area contributed by atoms with Gasteiger partial charge in [-0.25, -0.2) is 9.78 Å². The number of hydrogen-bond donors (Lipinski definition) is 2. The van der Waals surface area contributed by atoms with Crippen LogP contribution in [0.2, 0.25) is 5.15 Å². The van der Waals surface area contributed by atoms with Gasteiger partial charge < -0.3 is 15.4 Å². The van der Waals surface area contributed by atoms with Crippen LogP contribution in [0.15, 0.2) is 18.3 Å². The fourth-order valence-electron chi connectivity index (χ4n) is 1.81. The van der Waals surface area contributed by atoms with Gasteiger partial charge in [-0.15, -0.1) is 0 Å². The molecule has 2 N–H and O–H groups in total. The molecule has 0 aliphatic heterocycles. The average Bonchev–Trinajstić information content (AvgIpc) is 2.37. The summed E-state index contributed by atoms with van der Waals surface area (Å²) in [7, 11) is 0. The number of nitrogens with one attached hydrogen (secondary N) is 2. The summed E-state index contributed by atoms with van der Waals surface area (Å²) in [4.78, 5) is 27.7. The molecule has 23 heavy (non-hydrogen) atoms. The summed E-state index contributed by atoms with van der Waals surface area (Å²) in [6, 6.07) is 2.92. The first-order valence-corrected chi connectivity index (χ1v) is 7.78. The summed E-state index contributed by atoms with van der Waals surface area (Å²) < 4.78 is 5.26. The zero-order valence-electron chi connectivity index (χ0n) is 14.2. The van der Waals surface area contributed by atoms with Crippen molar-refractivity contribution in [1.82, 2.24) is 10.3 Å². The predicted molar refractivity (Wildman–Crippen MR) is 90.6 cm³/mol. The van der Waals surface area contributed by atoms with E-state index in [9.17, 15) is 9.59 Å². The normalized spacial score (nSPS) is 11.7.